The lowest BCUT2D eigenvalue weighted by molar-refractivity contribution is 0.869. The maximum atomic E-state index is 7.82. The average molecular weight is 246 g/mol. The van der Waals surface area contributed by atoms with Gasteiger partial charge >= 0.3 is 0 Å². The van der Waals surface area contributed by atoms with Gasteiger partial charge in [0.15, 0.2) is 0 Å². The second kappa shape index (κ2) is 3.30. The first-order chi connectivity index (χ1) is 9.55. The molecule has 0 atom stereocenters. The zero-order valence-electron chi connectivity index (χ0n) is 14.2. The van der Waals surface area contributed by atoms with Gasteiger partial charge in [0.05, 0.1) is 23.2 Å². The highest BCUT2D eigenvalue weighted by atomic mass is 79.9. The fourth-order valence-corrected chi connectivity index (χ4v) is 1.03. The van der Waals surface area contributed by atoms with Crippen LogP contribution in [-0.4, -0.2) is 14.8 Å². The van der Waals surface area contributed by atoms with Crippen LogP contribution in [0.25, 0.3) is 5.69 Å². The number of hydrogen-bond acceptors (Lipinski definition) is 2. The van der Waals surface area contributed by atoms with E-state index in [0.29, 0.717) is 0 Å². The van der Waals surface area contributed by atoms with Crippen LogP contribution in [0.1, 0.15) is 16.5 Å². The SMILES string of the molecule is [2H]c1nc([2H])c(C([2H])([2H])[2H])c(-n2nc([2H])c(Br)c2[2H])c1[2H]. The number of hydrogen-bond donors (Lipinski definition) is 0. The lowest BCUT2D eigenvalue weighted by Crippen LogP contribution is -1.97. The predicted molar refractivity (Wildman–Crippen MR) is 53.8 cm³/mol. The molecule has 2 aromatic heterocycles. The van der Waals surface area contributed by atoms with Gasteiger partial charge in [0.25, 0.3) is 0 Å². The third-order valence-electron chi connectivity index (χ3n) is 1.30. The van der Waals surface area contributed by atoms with Crippen LogP contribution in [0.5, 0.6) is 0 Å². The van der Waals surface area contributed by atoms with Gasteiger partial charge in [-0.2, -0.15) is 5.10 Å². The van der Waals surface area contributed by atoms with E-state index in [9.17, 15) is 0 Å². The van der Waals surface area contributed by atoms with Crippen molar-refractivity contribution in [1.82, 2.24) is 14.8 Å². The van der Waals surface area contributed by atoms with Gasteiger partial charge in [0.1, 0.15) is 0 Å². The number of nitrogens with zero attached hydrogens (tertiary/aromatic N) is 3. The van der Waals surface area contributed by atoms with Crippen molar-refractivity contribution >= 4 is 15.9 Å². The zero-order valence-corrected chi connectivity index (χ0v) is 7.81. The van der Waals surface area contributed by atoms with Crippen molar-refractivity contribution in [3.63, 3.8) is 0 Å². The maximum absolute atomic E-state index is 7.82. The molecule has 0 aromatic carbocycles. The summed E-state index contributed by atoms with van der Waals surface area (Å²) in [5.41, 5.74) is -0.976. The summed E-state index contributed by atoms with van der Waals surface area (Å²) in [6, 6.07) is -0.569. The summed E-state index contributed by atoms with van der Waals surface area (Å²) in [5.74, 6) is 0. The molecule has 3 nitrogen and oxygen atoms in total. The molecular formula is C9H8BrN3. The van der Waals surface area contributed by atoms with E-state index in [1.807, 2.05) is 0 Å². The minimum absolute atomic E-state index is 0.0215. The van der Waals surface area contributed by atoms with Gasteiger partial charge in [-0.25, -0.2) is 4.68 Å². The normalized spacial score (nSPS) is 20.1. The average Bonchev–Trinajstić information content (AvgIpc) is 2.59. The first kappa shape index (κ1) is 3.20. The van der Waals surface area contributed by atoms with E-state index in [-0.39, 0.29) is 16.8 Å². The Morgan fingerprint density at radius 3 is 3.23 bits per heavy atom. The molecule has 0 saturated carbocycles. The van der Waals surface area contributed by atoms with Crippen molar-refractivity contribution in [2.24, 2.45) is 0 Å². The standard InChI is InChI=1S/C9H8BrN3/c1-7-4-11-3-2-9(7)13-6-8(10)5-12-13/h2-6H,1H3/i1D3,2D,3D,4D,5D,6D. The van der Waals surface area contributed by atoms with E-state index in [2.05, 4.69) is 26.0 Å². The largest absolute Gasteiger partial charge is 0.264 e. The predicted octanol–water partition coefficient (Wildman–Crippen LogP) is 2.34. The highest BCUT2D eigenvalue weighted by Gasteiger charge is 2.01. The molecule has 0 saturated heterocycles. The molecule has 0 amide bonds. The van der Waals surface area contributed by atoms with Gasteiger partial charge in [-0.05, 0) is 34.4 Å². The van der Waals surface area contributed by atoms with Gasteiger partial charge in [-0.15, -0.1) is 0 Å². The fraction of sp³-hybridized carbons (Fsp3) is 0.111. The molecule has 0 aliphatic carbocycles. The zero-order chi connectivity index (χ0) is 16.1. The first-order valence-corrected chi connectivity index (χ1v) is 4.05. The van der Waals surface area contributed by atoms with Gasteiger partial charge in [-0.3, -0.25) is 4.98 Å². The van der Waals surface area contributed by atoms with Crippen LogP contribution in [0.15, 0.2) is 35.2 Å². The summed E-state index contributed by atoms with van der Waals surface area (Å²) >= 11 is 2.96. The lowest BCUT2D eigenvalue weighted by Gasteiger charge is -2.03. The van der Waals surface area contributed by atoms with E-state index in [4.69, 9.17) is 11.0 Å². The molecule has 0 bridgehead atoms. The van der Waals surface area contributed by atoms with Crippen LogP contribution < -0.4 is 0 Å². The van der Waals surface area contributed by atoms with E-state index < -0.39 is 36.5 Å². The Morgan fingerprint density at radius 1 is 1.62 bits per heavy atom. The van der Waals surface area contributed by atoms with Crippen molar-refractivity contribution in [2.75, 3.05) is 0 Å². The molecule has 2 heterocycles. The summed E-state index contributed by atoms with van der Waals surface area (Å²) in [6.07, 6.45) is -1.93. The molecule has 0 radical (unpaired) electrons. The summed E-state index contributed by atoms with van der Waals surface area (Å²) in [7, 11) is 0. The maximum Gasteiger partial charge on any atom is 0.0872 e. The van der Waals surface area contributed by atoms with Crippen molar-refractivity contribution < 1.29 is 11.0 Å². The molecular weight excluding hydrogens is 230 g/mol. The lowest BCUT2D eigenvalue weighted by atomic mass is 10.3. The number of pyridine rings is 1. The molecule has 4 heteroatoms. The van der Waals surface area contributed by atoms with Gasteiger partial charge in [0.2, 0.25) is 0 Å². The van der Waals surface area contributed by atoms with Crippen LogP contribution in [0, 0.1) is 6.85 Å². The Kier molecular flexibility index (Phi) is 0.813. The Balaban J connectivity index is 2.93. The smallest absolute Gasteiger partial charge is 0.0872 e. The Labute approximate surface area is 95.8 Å². The number of rotatable bonds is 1. The molecule has 0 spiro atoms. The summed E-state index contributed by atoms with van der Waals surface area (Å²) in [4.78, 5) is 3.41. The molecule has 0 fully saturated rings. The highest BCUT2D eigenvalue weighted by molar-refractivity contribution is 9.10. The van der Waals surface area contributed by atoms with Crippen molar-refractivity contribution in [3.05, 3.63) is 40.8 Å². The Morgan fingerprint density at radius 2 is 2.54 bits per heavy atom. The molecule has 0 aliphatic heterocycles. The minimum Gasteiger partial charge on any atom is -0.264 e. The monoisotopic (exact) mass is 245 g/mol. The van der Waals surface area contributed by atoms with Crippen LogP contribution in [0.2, 0.25) is 0 Å². The molecule has 66 valence electrons. The first-order valence-electron chi connectivity index (χ1n) is 7.26. The van der Waals surface area contributed by atoms with E-state index >= 15 is 0 Å². The third-order valence-corrected chi connectivity index (χ3v) is 1.65. The number of aromatic nitrogens is 3. The second-order valence-electron chi connectivity index (χ2n) is 2.13. The van der Waals surface area contributed by atoms with Gasteiger partial charge in [-0.1, -0.05) is 0 Å². The van der Waals surface area contributed by atoms with E-state index in [1.54, 1.807) is 0 Å². The van der Waals surface area contributed by atoms with Crippen molar-refractivity contribution in [3.8, 4) is 5.69 Å². The van der Waals surface area contributed by atoms with Crippen molar-refractivity contribution in [2.45, 2.75) is 6.85 Å². The van der Waals surface area contributed by atoms with Crippen LogP contribution in [0.3, 0.4) is 0 Å². The van der Waals surface area contributed by atoms with Crippen molar-refractivity contribution in [1.29, 1.82) is 0 Å². The van der Waals surface area contributed by atoms with Gasteiger partial charge < -0.3 is 0 Å². The second-order valence-corrected chi connectivity index (χ2v) is 2.93. The molecule has 2 aromatic rings. The van der Waals surface area contributed by atoms with E-state index in [1.165, 1.54) is 0 Å². The Hall–Kier alpha value is -1.16. The quantitative estimate of drug-likeness (QED) is 0.773. The molecule has 13 heavy (non-hydrogen) atoms. The molecule has 0 aliphatic rings. The van der Waals surface area contributed by atoms with Crippen LogP contribution in [-0.2, 0) is 0 Å². The summed E-state index contributed by atoms with van der Waals surface area (Å²) < 4.78 is 61.5. The Bertz CT molecular complexity index is 723. The molecule has 2 rings (SSSR count). The topological polar surface area (TPSA) is 30.7 Å². The molecule has 0 N–H and O–H groups in total. The van der Waals surface area contributed by atoms with Crippen LogP contribution in [0.4, 0.5) is 0 Å². The third kappa shape index (κ3) is 1.62. The van der Waals surface area contributed by atoms with E-state index in [0.717, 1.165) is 4.68 Å². The van der Waals surface area contributed by atoms with Crippen LogP contribution >= 0.6 is 15.9 Å². The summed E-state index contributed by atoms with van der Waals surface area (Å²) in [5, 5.41) is 3.68. The minimum atomic E-state index is -2.77. The fourth-order valence-electron chi connectivity index (χ4n) is 0.782. The highest BCUT2D eigenvalue weighted by Crippen LogP contribution is 2.14. The van der Waals surface area contributed by atoms with Gasteiger partial charge in [0, 0.05) is 22.6 Å². The summed E-state index contributed by atoms with van der Waals surface area (Å²) in [6.45, 7) is -2.77. The number of halogens is 1. The molecule has 0 unspecified atom stereocenters.